The zero-order chi connectivity index (χ0) is 64.2. The Bertz CT molecular complexity index is 1340. The van der Waals surface area contributed by atoms with Crippen LogP contribution in [0.1, 0.15) is 429 Å². The molecule has 0 radical (unpaired) electrons. The van der Waals surface area contributed by atoms with Gasteiger partial charge in [0.05, 0.1) is 6.61 Å². The third kappa shape index (κ3) is 78.0. The molecule has 0 heterocycles. The number of hydrogen-bond donors (Lipinski definition) is 0. The summed E-state index contributed by atoms with van der Waals surface area (Å²) in [5, 5.41) is 0. The fourth-order valence-corrected chi connectivity index (χ4v) is 9.62. The van der Waals surface area contributed by atoms with Crippen molar-refractivity contribution < 1.29 is 19.1 Å². The Kier molecular flexibility index (Phi) is 94.4. The van der Waals surface area contributed by atoms with Crippen LogP contribution in [0.3, 0.4) is 0 Å². The van der Waals surface area contributed by atoms with E-state index in [9.17, 15) is 19.2 Å². The van der Waals surface area contributed by atoms with E-state index >= 15 is 0 Å². The summed E-state index contributed by atoms with van der Waals surface area (Å²) in [6, 6.07) is 0. The van der Waals surface area contributed by atoms with E-state index in [-0.39, 0.29) is 28.9 Å². The Labute approximate surface area is 529 Å². The maximum atomic E-state index is 12.7. The quantitative estimate of drug-likeness (QED) is 0.0365. The highest BCUT2D eigenvalue weighted by Crippen LogP contribution is 2.19. The fourth-order valence-electron chi connectivity index (χ4n) is 9.62. The van der Waals surface area contributed by atoms with Crippen LogP contribution in [0.4, 0.5) is 0 Å². The molecule has 0 amide bonds. The topological polar surface area (TPSA) is 90.0 Å². The Morgan fingerprint density at radius 2 is 0.560 bits per heavy atom. The van der Waals surface area contributed by atoms with Gasteiger partial charge in [0.1, 0.15) is 6.10 Å². The third-order valence-electron chi connectivity index (χ3n) is 15.7. The molecule has 0 fully saturated rings. The van der Waals surface area contributed by atoms with Crippen LogP contribution in [0.5, 0.6) is 0 Å². The summed E-state index contributed by atoms with van der Waals surface area (Å²) in [5.41, 5.74) is 0.606. The van der Waals surface area contributed by atoms with E-state index in [1.54, 1.807) is 13.8 Å². The van der Waals surface area contributed by atoms with Crippen molar-refractivity contribution in [2.45, 2.75) is 438 Å². The lowest BCUT2D eigenvalue weighted by molar-refractivity contribution is -0.150. The number of carbonyl (C=O) groups is 2. The van der Waals surface area contributed by atoms with Gasteiger partial charge in [0.2, 0.25) is 10.9 Å². The minimum atomic E-state index is -0.317. The maximum absolute atomic E-state index is 12.7. The number of hydrogen-bond acceptors (Lipinski definition) is 7. The van der Waals surface area contributed by atoms with E-state index in [0.29, 0.717) is 30.6 Å². The number of carbonyl (C=O) groups excluding carboxylic acids is 2. The molecule has 0 bridgehead atoms. The number of ether oxygens (including phenoxy) is 2. The van der Waals surface area contributed by atoms with Crippen molar-refractivity contribution in [2.75, 3.05) is 26.2 Å². The second kappa shape index (κ2) is 85.2. The smallest absolute Gasteiger partial charge is 0.306 e. The third-order valence-corrected chi connectivity index (χ3v) is 15.7. The van der Waals surface area contributed by atoms with Gasteiger partial charge in [-0.3, -0.25) is 19.2 Å². The van der Waals surface area contributed by atoms with E-state index in [0.717, 1.165) is 44.9 Å². The summed E-state index contributed by atoms with van der Waals surface area (Å²) in [6.45, 7) is 38.0. The number of esters is 2. The summed E-state index contributed by atoms with van der Waals surface area (Å²) in [7, 11) is 0. The van der Waals surface area contributed by atoms with Crippen LogP contribution in [0.25, 0.3) is 0 Å². The molecule has 0 aliphatic rings. The van der Waals surface area contributed by atoms with Crippen LogP contribution >= 0.6 is 0 Å². The van der Waals surface area contributed by atoms with Crippen LogP contribution in [0, 0.1) is 13.8 Å². The summed E-state index contributed by atoms with van der Waals surface area (Å²) in [5.74, 6) is 0.0411. The van der Waals surface area contributed by atoms with Gasteiger partial charge in [-0.15, -0.1) is 0 Å². The first-order valence-corrected chi connectivity index (χ1v) is 37.8. The van der Waals surface area contributed by atoms with Gasteiger partial charge < -0.3 is 14.4 Å². The molecule has 0 N–H and O–H groups in total. The normalized spacial score (nSPS) is 10.5. The molecule has 1 aromatic carbocycles. The lowest BCUT2D eigenvalue weighted by Gasteiger charge is -2.22. The average molecular weight is 1190 g/mol. The highest BCUT2D eigenvalue weighted by atomic mass is 16.5. The van der Waals surface area contributed by atoms with E-state index in [4.69, 9.17) is 9.47 Å². The van der Waals surface area contributed by atoms with Gasteiger partial charge >= 0.3 is 11.9 Å². The SMILES string of the molecule is CC.CC.CCCC.CCCCCCCC.CCCCCCCCC.CCCCCCCCCOC(=O)CCCCCCCN(CCCC)CCCCCCCC(=O)OC(CCCCCCCC)CCCCCCCC.Cc1c(C)c(=O)c1=O. The standard InChI is InChI=1S/C46H91NO4.C9H20.C8H18.C6H6O2.C4H10.2C2H6/c1-5-9-13-16-19-28-35-43-50-45(48)38-31-24-20-26-33-41-47(40-12-8-4)42-34-27-21-25-32-39-46(49)51-44(36-29-22-17-14-10-6-2)37-30-23-18-15-11-7-3;1-3-5-7-9-8-6-4-2;1-3-5-7-8-6-4-2;1-3-4(2)6(8)5(3)7;1-3-4-2;2*1-2/h44H,5-43H2,1-4H3;3-9H2,1-2H3;3-8H2,1-2H3;1-2H3;3-4H2,1-2H3;2*1-2H3. The van der Waals surface area contributed by atoms with Crippen LogP contribution in [0.15, 0.2) is 9.59 Å². The molecular formula is C77H157NO6. The van der Waals surface area contributed by atoms with Crippen molar-refractivity contribution in [3.63, 3.8) is 0 Å². The molecule has 1 rings (SSSR count). The lowest BCUT2D eigenvalue weighted by Crippen LogP contribution is -2.36. The van der Waals surface area contributed by atoms with Crippen molar-refractivity contribution in [3.8, 4) is 0 Å². The molecule has 0 aromatic heterocycles. The van der Waals surface area contributed by atoms with Crippen LogP contribution in [-0.2, 0) is 19.1 Å². The molecule has 0 unspecified atom stereocenters. The van der Waals surface area contributed by atoms with Crippen molar-refractivity contribution in [1.29, 1.82) is 0 Å². The summed E-state index contributed by atoms with van der Waals surface area (Å²) in [4.78, 5) is 48.2. The largest absolute Gasteiger partial charge is 0.466 e. The van der Waals surface area contributed by atoms with Gasteiger partial charge in [-0.2, -0.15) is 0 Å². The van der Waals surface area contributed by atoms with Gasteiger partial charge in [-0.1, -0.05) is 341 Å². The molecule has 0 aliphatic carbocycles. The van der Waals surface area contributed by atoms with E-state index in [2.05, 4.69) is 74.1 Å². The first-order valence-electron chi connectivity index (χ1n) is 37.8. The van der Waals surface area contributed by atoms with Gasteiger partial charge in [-0.25, -0.2) is 0 Å². The Balaban J connectivity index is -0.000000367. The number of unbranched alkanes of at least 4 members (excludes halogenated alkanes) is 37. The molecular weight excluding hydrogens is 1030 g/mol. The predicted octanol–water partition coefficient (Wildman–Crippen LogP) is 25.4. The molecule has 0 saturated heterocycles. The van der Waals surface area contributed by atoms with Gasteiger partial charge in [0.15, 0.2) is 0 Å². The van der Waals surface area contributed by atoms with E-state index in [1.807, 2.05) is 27.7 Å². The maximum Gasteiger partial charge on any atom is 0.306 e. The predicted molar refractivity (Wildman–Crippen MR) is 378 cm³/mol. The molecule has 0 atom stereocenters. The van der Waals surface area contributed by atoms with E-state index in [1.165, 1.54) is 283 Å². The Morgan fingerprint density at radius 3 is 0.857 bits per heavy atom. The number of rotatable bonds is 54. The fraction of sp³-hybridized carbons (Fsp3) is 0.922. The molecule has 7 heteroatoms. The monoisotopic (exact) mass is 1190 g/mol. The minimum absolute atomic E-state index is 0.00194. The number of nitrogens with zero attached hydrogens (tertiary/aromatic N) is 1. The Hall–Kier alpha value is -2.02. The first-order chi connectivity index (χ1) is 41.0. The van der Waals surface area contributed by atoms with Crippen LogP contribution in [0.2, 0.25) is 0 Å². The molecule has 0 aliphatic heterocycles. The summed E-state index contributed by atoms with van der Waals surface area (Å²) >= 11 is 0. The van der Waals surface area contributed by atoms with E-state index < -0.39 is 0 Å². The molecule has 1 aromatic rings. The minimum Gasteiger partial charge on any atom is -0.466 e. The second-order valence-electron chi connectivity index (χ2n) is 23.9. The lowest BCUT2D eigenvalue weighted by atomic mass is 10.0. The molecule has 0 spiro atoms. The highest BCUT2D eigenvalue weighted by Gasteiger charge is 2.15. The second-order valence-corrected chi connectivity index (χ2v) is 23.9. The van der Waals surface area contributed by atoms with Gasteiger partial charge in [-0.05, 0) is 97.7 Å². The van der Waals surface area contributed by atoms with Crippen molar-refractivity contribution in [1.82, 2.24) is 4.90 Å². The molecule has 7 nitrogen and oxygen atoms in total. The highest BCUT2D eigenvalue weighted by molar-refractivity contribution is 5.69. The van der Waals surface area contributed by atoms with Gasteiger partial charge in [0.25, 0.3) is 0 Å². The molecule has 84 heavy (non-hydrogen) atoms. The van der Waals surface area contributed by atoms with Crippen LogP contribution in [-0.4, -0.2) is 49.2 Å². The summed E-state index contributed by atoms with van der Waals surface area (Å²) < 4.78 is 11.5. The van der Waals surface area contributed by atoms with Crippen LogP contribution < -0.4 is 10.9 Å². The Morgan fingerprint density at radius 1 is 0.310 bits per heavy atom. The summed E-state index contributed by atoms with van der Waals surface area (Å²) in [6.07, 6.45) is 63.0. The van der Waals surface area contributed by atoms with Crippen molar-refractivity contribution in [3.05, 3.63) is 31.6 Å². The molecule has 0 saturated carbocycles. The van der Waals surface area contributed by atoms with Crippen molar-refractivity contribution >= 4 is 11.9 Å². The zero-order valence-corrected chi connectivity index (χ0v) is 60.7. The first kappa shape index (κ1) is 93.1. The van der Waals surface area contributed by atoms with Gasteiger partial charge in [0, 0.05) is 24.0 Å². The van der Waals surface area contributed by atoms with Crippen molar-refractivity contribution in [2.24, 2.45) is 0 Å². The molecule has 506 valence electrons. The average Bonchev–Trinajstić information content (AvgIpc) is 3.56. The zero-order valence-electron chi connectivity index (χ0n) is 60.7.